The highest BCUT2D eigenvalue weighted by Gasteiger charge is 2.13. The molecule has 0 aliphatic carbocycles. The molecule has 0 heterocycles. The summed E-state index contributed by atoms with van der Waals surface area (Å²) < 4.78 is 39.4. The van der Waals surface area contributed by atoms with Crippen LogP contribution >= 0.6 is 0 Å². The summed E-state index contributed by atoms with van der Waals surface area (Å²) in [6.45, 7) is 0.0766. The number of anilines is 2. The molecule has 0 atom stereocenters. The predicted octanol–water partition coefficient (Wildman–Crippen LogP) is 3.00. The number of carboxylic acid groups (broad SMARTS) is 1. The third-order valence-corrected chi connectivity index (χ3v) is 2.84. The third kappa shape index (κ3) is 3.25. The van der Waals surface area contributed by atoms with Gasteiger partial charge in [-0.2, -0.15) is 0 Å². The molecule has 0 radical (unpaired) electrons. The van der Waals surface area contributed by atoms with Crippen LogP contribution in [0.3, 0.4) is 0 Å². The molecular weight excluding hydrogens is 285 g/mol. The number of rotatable bonds is 4. The van der Waals surface area contributed by atoms with Crippen LogP contribution in [0.5, 0.6) is 0 Å². The van der Waals surface area contributed by atoms with Crippen molar-refractivity contribution in [3.05, 3.63) is 58.9 Å². The van der Waals surface area contributed by atoms with Crippen LogP contribution in [0.25, 0.3) is 0 Å². The first-order chi connectivity index (χ1) is 9.88. The van der Waals surface area contributed by atoms with Crippen LogP contribution in [0, 0.1) is 17.5 Å². The van der Waals surface area contributed by atoms with E-state index in [0.29, 0.717) is 5.56 Å². The van der Waals surface area contributed by atoms with Crippen LogP contribution in [0.2, 0.25) is 0 Å². The Labute approximate surface area is 118 Å². The molecule has 0 aliphatic heterocycles. The molecule has 0 aromatic heterocycles. The minimum absolute atomic E-state index is 0.0383. The van der Waals surface area contributed by atoms with Crippen molar-refractivity contribution in [2.75, 3.05) is 11.1 Å². The van der Waals surface area contributed by atoms with E-state index in [1.807, 2.05) is 0 Å². The van der Waals surface area contributed by atoms with Crippen LogP contribution in [-0.4, -0.2) is 11.1 Å². The molecule has 0 saturated carbocycles. The monoisotopic (exact) mass is 296 g/mol. The Kier molecular flexibility index (Phi) is 4.02. The Hall–Kier alpha value is -2.70. The molecule has 110 valence electrons. The number of hydrogen-bond acceptors (Lipinski definition) is 3. The fourth-order valence-corrected chi connectivity index (χ4v) is 1.75. The van der Waals surface area contributed by atoms with Gasteiger partial charge in [0.05, 0.1) is 16.9 Å². The molecular formula is C14H11F3N2O2. The normalized spacial score (nSPS) is 10.4. The molecule has 0 spiro atoms. The lowest BCUT2D eigenvalue weighted by molar-refractivity contribution is 0.0692. The van der Waals surface area contributed by atoms with E-state index in [1.165, 1.54) is 6.07 Å². The second kappa shape index (κ2) is 5.74. The minimum Gasteiger partial charge on any atom is -0.478 e. The van der Waals surface area contributed by atoms with Gasteiger partial charge in [-0.15, -0.1) is 0 Å². The number of carboxylic acids is 1. The maximum atomic E-state index is 13.5. The second-order valence-corrected chi connectivity index (χ2v) is 4.33. The lowest BCUT2D eigenvalue weighted by Crippen LogP contribution is -2.07. The minimum atomic E-state index is -1.42. The van der Waals surface area contributed by atoms with Gasteiger partial charge in [0.2, 0.25) is 0 Å². The maximum Gasteiger partial charge on any atom is 0.338 e. The summed E-state index contributed by atoms with van der Waals surface area (Å²) in [5, 5.41) is 11.5. The Bertz CT molecular complexity index is 705. The van der Waals surface area contributed by atoms with Crippen molar-refractivity contribution >= 4 is 17.3 Å². The summed E-state index contributed by atoms with van der Waals surface area (Å²) in [6.07, 6.45) is 0. The zero-order valence-electron chi connectivity index (χ0n) is 10.7. The van der Waals surface area contributed by atoms with Gasteiger partial charge in [0.25, 0.3) is 0 Å². The number of halogens is 3. The fourth-order valence-electron chi connectivity index (χ4n) is 1.75. The van der Waals surface area contributed by atoms with Crippen molar-refractivity contribution < 1.29 is 23.1 Å². The fraction of sp³-hybridized carbons (Fsp3) is 0.0714. The number of nitrogens with one attached hydrogen (secondary N) is 1. The summed E-state index contributed by atoms with van der Waals surface area (Å²) in [5.41, 5.74) is 5.72. The van der Waals surface area contributed by atoms with E-state index >= 15 is 0 Å². The first-order valence-electron chi connectivity index (χ1n) is 5.88. The Morgan fingerprint density at radius 2 is 1.81 bits per heavy atom. The maximum absolute atomic E-state index is 13.5. The van der Waals surface area contributed by atoms with Crippen LogP contribution in [0.1, 0.15) is 15.9 Å². The number of nitrogens with two attached hydrogens (primary N) is 1. The Morgan fingerprint density at radius 1 is 1.10 bits per heavy atom. The molecule has 0 aliphatic rings. The number of nitrogen functional groups attached to an aromatic ring is 1. The molecule has 0 amide bonds. The molecule has 0 unspecified atom stereocenters. The molecule has 2 aromatic rings. The van der Waals surface area contributed by atoms with E-state index in [0.717, 1.165) is 24.3 Å². The van der Waals surface area contributed by atoms with Crippen LogP contribution in [0.4, 0.5) is 24.5 Å². The molecule has 0 bridgehead atoms. The van der Waals surface area contributed by atoms with Crippen molar-refractivity contribution in [2.24, 2.45) is 0 Å². The SMILES string of the molecule is Nc1cc(C(=O)O)c(F)cc1NCc1ccc(F)c(F)c1. The van der Waals surface area contributed by atoms with Crippen molar-refractivity contribution in [1.29, 1.82) is 0 Å². The number of benzene rings is 2. The first kappa shape index (κ1) is 14.7. The van der Waals surface area contributed by atoms with E-state index in [4.69, 9.17) is 10.8 Å². The van der Waals surface area contributed by atoms with E-state index in [2.05, 4.69) is 5.32 Å². The molecule has 0 saturated heterocycles. The highest BCUT2D eigenvalue weighted by Crippen LogP contribution is 2.24. The van der Waals surface area contributed by atoms with Crippen molar-refractivity contribution in [2.45, 2.75) is 6.54 Å². The van der Waals surface area contributed by atoms with Gasteiger partial charge in [0, 0.05) is 6.54 Å². The second-order valence-electron chi connectivity index (χ2n) is 4.33. The van der Waals surface area contributed by atoms with E-state index in [1.54, 1.807) is 0 Å². The average Bonchev–Trinajstić information content (AvgIpc) is 2.42. The van der Waals surface area contributed by atoms with Crippen LogP contribution in [-0.2, 0) is 6.54 Å². The lowest BCUT2D eigenvalue weighted by atomic mass is 10.1. The topological polar surface area (TPSA) is 75.4 Å². The van der Waals surface area contributed by atoms with E-state index in [-0.39, 0.29) is 17.9 Å². The molecule has 7 heteroatoms. The summed E-state index contributed by atoms with van der Waals surface area (Å²) in [4.78, 5) is 10.7. The summed E-state index contributed by atoms with van der Waals surface area (Å²) in [6, 6.07) is 5.28. The summed E-state index contributed by atoms with van der Waals surface area (Å²) in [7, 11) is 0. The number of carbonyl (C=O) groups is 1. The van der Waals surface area contributed by atoms with Gasteiger partial charge in [-0.1, -0.05) is 6.07 Å². The summed E-state index contributed by atoms with van der Waals surface area (Å²) in [5.74, 6) is -4.32. The van der Waals surface area contributed by atoms with E-state index in [9.17, 15) is 18.0 Å². The van der Waals surface area contributed by atoms with Gasteiger partial charge in [-0.3, -0.25) is 0 Å². The van der Waals surface area contributed by atoms with Gasteiger partial charge in [-0.25, -0.2) is 18.0 Å². The van der Waals surface area contributed by atoms with Gasteiger partial charge < -0.3 is 16.2 Å². The smallest absolute Gasteiger partial charge is 0.338 e. The Balaban J connectivity index is 2.18. The highest BCUT2D eigenvalue weighted by molar-refractivity contribution is 5.90. The molecule has 4 N–H and O–H groups in total. The standard InChI is InChI=1S/C14H11F3N2O2/c15-9-2-1-7(3-11(9)17)6-19-13-5-10(16)8(14(20)21)4-12(13)18/h1-5,19H,6,18H2,(H,20,21). The van der Waals surface area contributed by atoms with Crippen LogP contribution < -0.4 is 11.1 Å². The van der Waals surface area contributed by atoms with Gasteiger partial charge in [0.1, 0.15) is 5.82 Å². The quantitative estimate of drug-likeness (QED) is 0.758. The van der Waals surface area contributed by atoms with E-state index < -0.39 is 29.0 Å². The van der Waals surface area contributed by atoms with Crippen LogP contribution in [0.15, 0.2) is 30.3 Å². The van der Waals surface area contributed by atoms with Gasteiger partial charge >= 0.3 is 5.97 Å². The summed E-state index contributed by atoms with van der Waals surface area (Å²) >= 11 is 0. The largest absolute Gasteiger partial charge is 0.478 e. The van der Waals surface area contributed by atoms with Gasteiger partial charge in [0.15, 0.2) is 11.6 Å². The zero-order chi connectivity index (χ0) is 15.6. The molecule has 21 heavy (non-hydrogen) atoms. The zero-order valence-corrected chi connectivity index (χ0v) is 10.7. The Morgan fingerprint density at radius 3 is 2.43 bits per heavy atom. The molecule has 4 nitrogen and oxygen atoms in total. The van der Waals surface area contributed by atoms with Crippen molar-refractivity contribution in [3.8, 4) is 0 Å². The first-order valence-corrected chi connectivity index (χ1v) is 5.88. The lowest BCUT2D eigenvalue weighted by Gasteiger charge is -2.11. The average molecular weight is 296 g/mol. The van der Waals surface area contributed by atoms with Crippen molar-refractivity contribution in [3.63, 3.8) is 0 Å². The molecule has 2 rings (SSSR count). The third-order valence-electron chi connectivity index (χ3n) is 2.84. The van der Waals surface area contributed by atoms with Crippen molar-refractivity contribution in [1.82, 2.24) is 0 Å². The number of aromatic carboxylic acids is 1. The molecule has 0 fully saturated rings. The molecule has 2 aromatic carbocycles. The number of hydrogen-bond donors (Lipinski definition) is 3. The van der Waals surface area contributed by atoms with Gasteiger partial charge in [-0.05, 0) is 29.8 Å². The highest BCUT2D eigenvalue weighted by atomic mass is 19.2. The predicted molar refractivity (Wildman–Crippen MR) is 71.5 cm³/mol.